The van der Waals surface area contributed by atoms with E-state index in [9.17, 15) is 21.6 Å². The van der Waals surface area contributed by atoms with E-state index < -0.39 is 37.7 Å². The fraction of sp³-hybridized carbons (Fsp3) is 0.333. The molecule has 0 saturated heterocycles. The predicted octanol–water partition coefficient (Wildman–Crippen LogP) is 4.77. The van der Waals surface area contributed by atoms with Crippen molar-refractivity contribution in [2.75, 3.05) is 11.9 Å². The van der Waals surface area contributed by atoms with Crippen LogP contribution in [-0.2, 0) is 29.2 Å². The molecule has 0 fully saturated rings. The number of halogens is 4. The summed E-state index contributed by atoms with van der Waals surface area (Å²) in [6, 6.07) is 6.99. The van der Waals surface area contributed by atoms with Gasteiger partial charge < -0.3 is 10.1 Å². The number of sulfonamides is 1. The highest BCUT2D eigenvalue weighted by atomic mass is 35.5. The number of alkyl halides is 3. The number of nitrogens with zero attached hydrogens (tertiary/aromatic N) is 3. The molecule has 0 spiro atoms. The average molecular weight is 516 g/mol. The zero-order chi connectivity index (χ0) is 24.7. The minimum absolute atomic E-state index is 0.175. The molecule has 3 aromatic rings. The number of hydrogen-bond donors (Lipinski definition) is 2. The van der Waals surface area contributed by atoms with E-state index in [1.807, 2.05) is 25.1 Å². The van der Waals surface area contributed by atoms with Crippen LogP contribution in [0.15, 0.2) is 41.3 Å². The standard InChI is InChI=1S/C21H21ClF3N5O3S/c1-3-30-19(27-28-20(30)33-15-6-4-13-8-9-26-17(13)11-15)12(2)29-34(31,32)18-7-5-14(10-16(18)22)21(23,24)25/h4-7,10-12,26,29H,3,8-9H2,1-2H3/t12-/m1/s1. The SMILES string of the molecule is CCn1c(Oc2ccc3c(c2)NCC3)nnc1[C@@H](C)NS(=O)(=O)c1ccc(C(F)(F)F)cc1Cl. The van der Waals surface area contributed by atoms with Crippen molar-refractivity contribution in [3.05, 3.63) is 58.4 Å². The van der Waals surface area contributed by atoms with E-state index in [0.29, 0.717) is 24.4 Å². The summed E-state index contributed by atoms with van der Waals surface area (Å²) in [5, 5.41) is 10.8. The number of ether oxygens (including phenoxy) is 1. The summed E-state index contributed by atoms with van der Waals surface area (Å²) >= 11 is 5.87. The second-order valence-corrected chi connectivity index (χ2v) is 9.76. The Labute approximate surface area is 199 Å². The van der Waals surface area contributed by atoms with E-state index in [0.717, 1.165) is 24.7 Å². The van der Waals surface area contributed by atoms with Gasteiger partial charge in [-0.3, -0.25) is 4.57 Å². The number of anilines is 1. The lowest BCUT2D eigenvalue weighted by Crippen LogP contribution is -2.29. The molecule has 0 aliphatic carbocycles. The van der Waals surface area contributed by atoms with Gasteiger partial charge in [-0.25, -0.2) is 13.1 Å². The van der Waals surface area contributed by atoms with Crippen molar-refractivity contribution in [3.63, 3.8) is 0 Å². The Bertz CT molecular complexity index is 1330. The van der Waals surface area contributed by atoms with Crippen LogP contribution in [0.1, 0.15) is 36.8 Å². The third kappa shape index (κ3) is 4.84. The number of benzene rings is 2. The van der Waals surface area contributed by atoms with Crippen molar-refractivity contribution in [3.8, 4) is 11.8 Å². The smallest absolute Gasteiger partial charge is 0.416 e. The van der Waals surface area contributed by atoms with Gasteiger partial charge >= 0.3 is 12.2 Å². The number of rotatable bonds is 7. The van der Waals surface area contributed by atoms with E-state index in [1.165, 1.54) is 12.5 Å². The van der Waals surface area contributed by atoms with Gasteiger partial charge in [0.25, 0.3) is 0 Å². The molecule has 8 nitrogen and oxygen atoms in total. The summed E-state index contributed by atoms with van der Waals surface area (Å²) in [6.07, 6.45) is -3.71. The number of nitrogens with one attached hydrogen (secondary N) is 2. The van der Waals surface area contributed by atoms with Crippen LogP contribution in [0.5, 0.6) is 11.8 Å². The van der Waals surface area contributed by atoms with Gasteiger partial charge in [0.1, 0.15) is 10.6 Å². The lowest BCUT2D eigenvalue weighted by atomic mass is 10.2. The monoisotopic (exact) mass is 515 g/mol. The van der Waals surface area contributed by atoms with Crippen molar-refractivity contribution in [1.29, 1.82) is 0 Å². The third-order valence-electron chi connectivity index (χ3n) is 5.33. The molecule has 2 heterocycles. The second kappa shape index (κ2) is 9.08. The van der Waals surface area contributed by atoms with Gasteiger partial charge in [0.05, 0.1) is 16.6 Å². The van der Waals surface area contributed by atoms with Gasteiger partial charge in [0.2, 0.25) is 10.0 Å². The first kappa shape index (κ1) is 24.3. The van der Waals surface area contributed by atoms with Gasteiger partial charge in [0, 0.05) is 24.8 Å². The van der Waals surface area contributed by atoms with Gasteiger partial charge in [-0.15, -0.1) is 5.10 Å². The molecule has 4 rings (SSSR count). The van der Waals surface area contributed by atoms with E-state index in [2.05, 4.69) is 20.2 Å². The molecule has 1 aliphatic heterocycles. The maximum atomic E-state index is 12.9. The van der Waals surface area contributed by atoms with Crippen molar-refractivity contribution in [1.82, 2.24) is 19.5 Å². The van der Waals surface area contributed by atoms with E-state index in [-0.39, 0.29) is 11.8 Å². The van der Waals surface area contributed by atoms with Gasteiger partial charge in [-0.05, 0) is 50.1 Å². The molecule has 1 aromatic heterocycles. The molecular weight excluding hydrogens is 495 g/mol. The number of aromatic nitrogens is 3. The van der Waals surface area contributed by atoms with Crippen LogP contribution in [0, 0.1) is 0 Å². The first-order valence-electron chi connectivity index (χ1n) is 10.4. The largest absolute Gasteiger partial charge is 0.424 e. The van der Waals surface area contributed by atoms with Crippen LogP contribution in [0.25, 0.3) is 0 Å². The fourth-order valence-electron chi connectivity index (χ4n) is 3.68. The van der Waals surface area contributed by atoms with Crippen LogP contribution in [-0.4, -0.2) is 29.7 Å². The summed E-state index contributed by atoms with van der Waals surface area (Å²) in [5.41, 5.74) is 1.13. The van der Waals surface area contributed by atoms with E-state index >= 15 is 0 Å². The average Bonchev–Trinajstić information content (AvgIpc) is 3.38. The third-order valence-corrected chi connectivity index (χ3v) is 7.35. The zero-order valence-corrected chi connectivity index (χ0v) is 19.7. The van der Waals surface area contributed by atoms with Crippen LogP contribution < -0.4 is 14.8 Å². The van der Waals surface area contributed by atoms with E-state index in [1.54, 1.807) is 4.57 Å². The molecule has 2 N–H and O–H groups in total. The Morgan fingerprint density at radius 3 is 2.68 bits per heavy atom. The van der Waals surface area contributed by atoms with Crippen molar-refractivity contribution in [2.45, 2.75) is 43.9 Å². The van der Waals surface area contributed by atoms with Gasteiger partial charge in [-0.2, -0.15) is 13.2 Å². The van der Waals surface area contributed by atoms with Gasteiger partial charge in [-0.1, -0.05) is 22.8 Å². The molecule has 1 aliphatic rings. The summed E-state index contributed by atoms with van der Waals surface area (Å²) in [6.45, 7) is 4.59. The molecule has 2 aromatic carbocycles. The van der Waals surface area contributed by atoms with Crippen molar-refractivity contribution >= 4 is 27.3 Å². The normalized spacial score (nSPS) is 14.5. The predicted molar refractivity (Wildman–Crippen MR) is 120 cm³/mol. The first-order valence-corrected chi connectivity index (χ1v) is 12.2. The Morgan fingerprint density at radius 1 is 1.24 bits per heavy atom. The summed E-state index contributed by atoms with van der Waals surface area (Å²) < 4.78 is 74.2. The molecule has 0 bridgehead atoms. The minimum Gasteiger partial charge on any atom is -0.424 e. The molecule has 1 atom stereocenters. The molecule has 0 amide bonds. The van der Waals surface area contributed by atoms with Gasteiger partial charge in [0.15, 0.2) is 5.82 Å². The van der Waals surface area contributed by atoms with Crippen molar-refractivity contribution < 1.29 is 26.3 Å². The van der Waals surface area contributed by atoms with Crippen LogP contribution in [0.4, 0.5) is 18.9 Å². The zero-order valence-electron chi connectivity index (χ0n) is 18.1. The summed E-state index contributed by atoms with van der Waals surface area (Å²) in [4.78, 5) is -0.473. The minimum atomic E-state index is -4.64. The maximum absolute atomic E-state index is 12.9. The van der Waals surface area contributed by atoms with Crippen molar-refractivity contribution in [2.24, 2.45) is 0 Å². The molecular formula is C21H21ClF3N5O3S. The summed E-state index contributed by atoms with van der Waals surface area (Å²) in [7, 11) is -4.26. The highest BCUT2D eigenvalue weighted by molar-refractivity contribution is 7.89. The molecule has 13 heteroatoms. The van der Waals surface area contributed by atoms with Crippen LogP contribution in [0.3, 0.4) is 0 Å². The Balaban J connectivity index is 1.55. The molecule has 0 unspecified atom stereocenters. The van der Waals surface area contributed by atoms with Crippen LogP contribution >= 0.6 is 11.6 Å². The lowest BCUT2D eigenvalue weighted by Gasteiger charge is -2.16. The highest BCUT2D eigenvalue weighted by Gasteiger charge is 2.33. The molecule has 182 valence electrons. The van der Waals surface area contributed by atoms with E-state index in [4.69, 9.17) is 16.3 Å². The number of fused-ring (bicyclic) bond motifs is 1. The molecule has 0 radical (unpaired) electrons. The lowest BCUT2D eigenvalue weighted by molar-refractivity contribution is -0.137. The Kier molecular flexibility index (Phi) is 6.49. The molecule has 34 heavy (non-hydrogen) atoms. The quantitative estimate of drug-likeness (QED) is 0.470. The topological polar surface area (TPSA) is 98.1 Å². The molecule has 0 saturated carbocycles. The van der Waals surface area contributed by atoms with Crippen LogP contribution in [0.2, 0.25) is 5.02 Å². The highest BCUT2D eigenvalue weighted by Crippen LogP contribution is 2.34. The Hall–Kier alpha value is -2.83. The number of hydrogen-bond acceptors (Lipinski definition) is 6. The maximum Gasteiger partial charge on any atom is 0.416 e. The Morgan fingerprint density at radius 2 is 2.00 bits per heavy atom. The fourth-order valence-corrected chi connectivity index (χ4v) is 5.42. The second-order valence-electron chi connectivity index (χ2n) is 7.67. The summed E-state index contributed by atoms with van der Waals surface area (Å²) in [5.74, 6) is 0.815. The first-order chi connectivity index (χ1) is 16.0.